The van der Waals surface area contributed by atoms with Crippen LogP contribution in [0.4, 0.5) is 18.2 Å². The molecule has 10 heteroatoms. The first-order valence-corrected chi connectivity index (χ1v) is 9.46. The normalized spacial score (nSPS) is 14.3. The lowest BCUT2D eigenvalue weighted by atomic mass is 9.91. The summed E-state index contributed by atoms with van der Waals surface area (Å²) < 4.78 is 47.6. The Morgan fingerprint density at radius 1 is 1.30 bits per heavy atom. The molecule has 0 radical (unpaired) electrons. The number of aliphatic hydroxyl groups is 1. The summed E-state index contributed by atoms with van der Waals surface area (Å²) in [7, 11) is 0. The van der Waals surface area contributed by atoms with E-state index >= 15 is 0 Å². The fraction of sp³-hybridized carbons (Fsp3) is 0.294. The number of esters is 1. The van der Waals surface area contributed by atoms with Crippen molar-refractivity contribution in [2.75, 3.05) is 12.3 Å². The number of thiazole rings is 1. The number of rotatable bonds is 4. The minimum absolute atomic E-state index is 0.0623. The standard InChI is InChI=1S/C17H15F3N2O3S2/c1-3-25-14(23)12-8(2)11(13(21)27-12)16(24,17(18,19)20)15-22-9-6-4-5-7-10(9)26-15/h4-7,24H,3,21H2,1-2H3. The molecule has 0 aliphatic rings. The summed E-state index contributed by atoms with van der Waals surface area (Å²) in [4.78, 5) is 15.9. The number of halogens is 3. The highest BCUT2D eigenvalue weighted by Crippen LogP contribution is 2.51. The van der Waals surface area contributed by atoms with E-state index in [2.05, 4.69) is 4.98 Å². The van der Waals surface area contributed by atoms with Gasteiger partial charge in [0.1, 0.15) is 9.88 Å². The molecule has 0 fully saturated rings. The third kappa shape index (κ3) is 3.07. The number of nitrogens with zero attached hydrogens (tertiary/aromatic N) is 1. The molecule has 0 spiro atoms. The van der Waals surface area contributed by atoms with Crippen molar-refractivity contribution in [3.63, 3.8) is 0 Å². The zero-order valence-electron chi connectivity index (χ0n) is 14.3. The van der Waals surface area contributed by atoms with Gasteiger partial charge in [0.05, 0.1) is 21.8 Å². The van der Waals surface area contributed by atoms with E-state index in [1.54, 1.807) is 31.2 Å². The molecule has 3 aromatic rings. The molecule has 1 unspecified atom stereocenters. The molecule has 2 aromatic heterocycles. The fourth-order valence-corrected chi connectivity index (χ4v) is 4.88. The first-order valence-electron chi connectivity index (χ1n) is 7.82. The predicted octanol–water partition coefficient (Wildman–Crippen LogP) is 4.22. The summed E-state index contributed by atoms with van der Waals surface area (Å²) in [6.07, 6.45) is -5.10. The van der Waals surface area contributed by atoms with Gasteiger partial charge in [-0.3, -0.25) is 0 Å². The number of aromatic nitrogens is 1. The predicted molar refractivity (Wildman–Crippen MR) is 98.1 cm³/mol. The Kier molecular flexibility index (Phi) is 4.91. The Bertz CT molecular complexity index is 980. The highest BCUT2D eigenvalue weighted by Gasteiger charge is 2.60. The molecular weight excluding hydrogens is 401 g/mol. The van der Waals surface area contributed by atoms with Crippen molar-refractivity contribution in [3.05, 3.63) is 45.3 Å². The van der Waals surface area contributed by atoms with Crippen LogP contribution in [-0.2, 0) is 10.3 Å². The van der Waals surface area contributed by atoms with Crippen LogP contribution in [0.2, 0.25) is 0 Å². The average molecular weight is 416 g/mol. The number of nitrogens with two attached hydrogens (primary N) is 1. The Hall–Kier alpha value is -2.17. The van der Waals surface area contributed by atoms with Gasteiger partial charge in [0.15, 0.2) is 0 Å². The highest BCUT2D eigenvalue weighted by molar-refractivity contribution is 7.19. The number of para-hydroxylation sites is 1. The lowest BCUT2D eigenvalue weighted by Crippen LogP contribution is -2.44. The van der Waals surface area contributed by atoms with Crippen LogP contribution in [0, 0.1) is 6.92 Å². The maximum atomic E-state index is 14.1. The van der Waals surface area contributed by atoms with Gasteiger partial charge in [0.25, 0.3) is 0 Å². The molecule has 27 heavy (non-hydrogen) atoms. The van der Waals surface area contributed by atoms with E-state index in [0.717, 1.165) is 11.3 Å². The first-order chi connectivity index (χ1) is 12.6. The second kappa shape index (κ2) is 6.77. The maximum Gasteiger partial charge on any atom is 0.428 e. The molecule has 0 saturated carbocycles. The molecule has 0 bridgehead atoms. The molecule has 0 aliphatic carbocycles. The molecule has 0 saturated heterocycles. The minimum Gasteiger partial charge on any atom is -0.462 e. The number of hydrogen-bond donors (Lipinski definition) is 2. The molecule has 5 nitrogen and oxygen atoms in total. The van der Waals surface area contributed by atoms with Gasteiger partial charge < -0.3 is 15.6 Å². The van der Waals surface area contributed by atoms with Gasteiger partial charge in [-0.15, -0.1) is 22.7 Å². The second-order valence-corrected chi connectivity index (χ2v) is 7.79. The number of ether oxygens (including phenoxy) is 1. The summed E-state index contributed by atoms with van der Waals surface area (Å²) in [6, 6.07) is 6.47. The van der Waals surface area contributed by atoms with Gasteiger partial charge in [-0.25, -0.2) is 9.78 Å². The summed E-state index contributed by atoms with van der Waals surface area (Å²) in [6.45, 7) is 2.95. The zero-order valence-corrected chi connectivity index (χ0v) is 15.9. The Morgan fingerprint density at radius 2 is 1.96 bits per heavy atom. The lowest BCUT2D eigenvalue weighted by molar-refractivity contribution is -0.248. The smallest absolute Gasteiger partial charge is 0.428 e. The van der Waals surface area contributed by atoms with Gasteiger partial charge in [-0.05, 0) is 31.5 Å². The maximum absolute atomic E-state index is 14.1. The molecule has 1 aromatic carbocycles. The monoisotopic (exact) mass is 416 g/mol. The Labute approximate surface area is 160 Å². The van der Waals surface area contributed by atoms with Crippen molar-refractivity contribution in [3.8, 4) is 0 Å². The van der Waals surface area contributed by atoms with E-state index in [1.807, 2.05) is 0 Å². The topological polar surface area (TPSA) is 85.4 Å². The van der Waals surface area contributed by atoms with Crippen LogP contribution >= 0.6 is 22.7 Å². The summed E-state index contributed by atoms with van der Waals surface area (Å²) >= 11 is 1.38. The Balaban J connectivity index is 2.26. The summed E-state index contributed by atoms with van der Waals surface area (Å²) in [5.74, 6) is -0.785. The van der Waals surface area contributed by atoms with E-state index in [4.69, 9.17) is 10.5 Å². The van der Waals surface area contributed by atoms with Gasteiger partial charge >= 0.3 is 12.1 Å². The van der Waals surface area contributed by atoms with Crippen LogP contribution < -0.4 is 5.73 Å². The van der Waals surface area contributed by atoms with Crippen LogP contribution in [-0.4, -0.2) is 28.8 Å². The lowest BCUT2D eigenvalue weighted by Gasteiger charge is -2.29. The van der Waals surface area contributed by atoms with E-state index in [-0.39, 0.29) is 22.0 Å². The SMILES string of the molecule is CCOC(=O)c1sc(N)c(C(O)(c2nc3ccccc3s2)C(F)(F)F)c1C. The number of thiophene rings is 1. The Morgan fingerprint density at radius 3 is 2.56 bits per heavy atom. The molecule has 1 atom stereocenters. The molecule has 0 amide bonds. The van der Waals surface area contributed by atoms with Crippen LogP contribution in [0.1, 0.15) is 32.7 Å². The van der Waals surface area contributed by atoms with Gasteiger partial charge in [0.2, 0.25) is 5.60 Å². The molecule has 2 heterocycles. The summed E-state index contributed by atoms with van der Waals surface area (Å²) in [5.41, 5.74) is 2.06. The summed E-state index contributed by atoms with van der Waals surface area (Å²) in [5, 5.41) is 10.0. The van der Waals surface area contributed by atoms with Crippen LogP contribution in [0.15, 0.2) is 24.3 Å². The number of carbonyl (C=O) groups excluding carboxylic acids is 1. The number of fused-ring (bicyclic) bond motifs is 1. The van der Waals surface area contributed by atoms with Crippen molar-refractivity contribution in [1.29, 1.82) is 0 Å². The molecule has 144 valence electrons. The van der Waals surface area contributed by atoms with E-state index < -0.39 is 28.3 Å². The number of hydrogen-bond acceptors (Lipinski definition) is 7. The molecular formula is C17H15F3N2O3S2. The second-order valence-electron chi connectivity index (χ2n) is 5.71. The quantitative estimate of drug-likeness (QED) is 0.622. The zero-order chi connectivity index (χ0) is 20.0. The average Bonchev–Trinajstić information content (AvgIpc) is 3.15. The molecule has 3 N–H and O–H groups in total. The van der Waals surface area contributed by atoms with Gasteiger partial charge in [0, 0.05) is 5.56 Å². The third-order valence-corrected chi connectivity index (χ3v) is 6.26. The minimum atomic E-state index is -5.10. The third-order valence-electron chi connectivity index (χ3n) is 4.01. The van der Waals surface area contributed by atoms with E-state index in [0.29, 0.717) is 21.6 Å². The number of nitrogen functional groups attached to an aromatic ring is 1. The largest absolute Gasteiger partial charge is 0.462 e. The number of carbonyl (C=O) groups is 1. The van der Waals surface area contributed by atoms with Crippen LogP contribution in [0.5, 0.6) is 0 Å². The number of alkyl halides is 3. The van der Waals surface area contributed by atoms with Gasteiger partial charge in [-0.2, -0.15) is 13.2 Å². The number of benzene rings is 1. The van der Waals surface area contributed by atoms with Crippen molar-refractivity contribution < 1.29 is 27.8 Å². The number of anilines is 1. The van der Waals surface area contributed by atoms with Crippen molar-refractivity contribution in [1.82, 2.24) is 4.98 Å². The highest BCUT2D eigenvalue weighted by atomic mass is 32.1. The van der Waals surface area contributed by atoms with E-state index in [9.17, 15) is 23.1 Å². The van der Waals surface area contributed by atoms with E-state index in [1.165, 1.54) is 6.92 Å². The first kappa shape index (κ1) is 19.6. The fourth-order valence-electron chi connectivity index (χ4n) is 2.77. The van der Waals surface area contributed by atoms with Crippen molar-refractivity contribution in [2.45, 2.75) is 25.6 Å². The van der Waals surface area contributed by atoms with Gasteiger partial charge in [-0.1, -0.05) is 12.1 Å². The van der Waals surface area contributed by atoms with Crippen molar-refractivity contribution >= 4 is 43.9 Å². The molecule has 3 rings (SSSR count). The van der Waals surface area contributed by atoms with Crippen LogP contribution in [0.25, 0.3) is 10.2 Å². The van der Waals surface area contributed by atoms with Crippen LogP contribution in [0.3, 0.4) is 0 Å². The molecule has 0 aliphatic heterocycles. The van der Waals surface area contributed by atoms with Crippen molar-refractivity contribution in [2.24, 2.45) is 0 Å².